The molecule has 1 atom stereocenters. The van der Waals surface area contributed by atoms with Gasteiger partial charge in [-0.3, -0.25) is 4.79 Å². The van der Waals surface area contributed by atoms with Crippen LogP contribution in [0.25, 0.3) is 5.69 Å². The molecule has 1 amide bonds. The highest BCUT2D eigenvalue weighted by atomic mass is 16.5. The molecule has 2 aromatic rings. The number of nitrogens with zero attached hydrogens (tertiary/aromatic N) is 3. The molecule has 2 heterocycles. The number of nitrogens with one attached hydrogen (secondary N) is 1. The van der Waals surface area contributed by atoms with Crippen LogP contribution >= 0.6 is 0 Å². The molecule has 0 radical (unpaired) electrons. The Labute approximate surface area is 148 Å². The van der Waals surface area contributed by atoms with Gasteiger partial charge < -0.3 is 15.0 Å². The molecule has 1 saturated heterocycles. The highest BCUT2D eigenvalue weighted by Gasteiger charge is 2.28. The monoisotopic (exact) mass is 342 g/mol. The van der Waals surface area contributed by atoms with E-state index in [0.717, 1.165) is 31.5 Å². The normalized spacial score (nSPS) is 17.5. The lowest BCUT2D eigenvalue weighted by Crippen LogP contribution is -2.47. The van der Waals surface area contributed by atoms with E-state index < -0.39 is 0 Å². The Hall–Kier alpha value is -2.34. The molecule has 1 aliphatic heterocycles. The lowest BCUT2D eigenvalue weighted by atomic mass is 10.1. The summed E-state index contributed by atoms with van der Waals surface area (Å²) in [5.74, 6) is 0.503. The molecule has 3 rings (SSSR count). The van der Waals surface area contributed by atoms with Gasteiger partial charge in [0.15, 0.2) is 11.4 Å². The largest absolute Gasteiger partial charge is 0.489 e. The summed E-state index contributed by atoms with van der Waals surface area (Å²) in [4.78, 5) is 14.9. The zero-order chi connectivity index (χ0) is 17.6. The minimum absolute atomic E-state index is 0.0549. The Kier molecular flexibility index (Phi) is 5.71. The highest BCUT2D eigenvalue weighted by molar-refractivity contribution is 5.95. The molecule has 1 aromatic carbocycles. The van der Waals surface area contributed by atoms with E-state index >= 15 is 0 Å². The van der Waals surface area contributed by atoms with E-state index in [-0.39, 0.29) is 5.91 Å². The van der Waals surface area contributed by atoms with Gasteiger partial charge in [0.05, 0.1) is 18.5 Å². The van der Waals surface area contributed by atoms with Crippen molar-refractivity contribution >= 4 is 5.91 Å². The van der Waals surface area contributed by atoms with Crippen LogP contribution in [0.4, 0.5) is 0 Å². The average Bonchev–Trinajstić information content (AvgIpc) is 3.10. The number of likely N-dealkylation sites (tertiary alicyclic amines) is 1. The molecule has 6 heteroatoms. The topological polar surface area (TPSA) is 59.4 Å². The first-order valence-corrected chi connectivity index (χ1v) is 8.97. The number of piperidine rings is 1. The summed E-state index contributed by atoms with van der Waals surface area (Å²) in [5.41, 5.74) is 1.31. The SMILES string of the molecule is CCCOc1cn(-c2ccccc2)nc1C(=O)N1CCCC(NC)C1. The van der Waals surface area contributed by atoms with Crippen LogP contribution in [0.1, 0.15) is 36.7 Å². The van der Waals surface area contributed by atoms with Crippen molar-refractivity contribution in [2.45, 2.75) is 32.2 Å². The van der Waals surface area contributed by atoms with Crippen LogP contribution < -0.4 is 10.1 Å². The highest BCUT2D eigenvalue weighted by Crippen LogP contribution is 2.23. The first-order valence-electron chi connectivity index (χ1n) is 8.97. The lowest BCUT2D eigenvalue weighted by molar-refractivity contribution is 0.0687. The summed E-state index contributed by atoms with van der Waals surface area (Å²) in [6.07, 6.45) is 4.78. The second-order valence-corrected chi connectivity index (χ2v) is 6.35. The Morgan fingerprint density at radius 3 is 2.88 bits per heavy atom. The zero-order valence-corrected chi connectivity index (χ0v) is 14.9. The molecule has 134 valence electrons. The molecule has 0 spiro atoms. The van der Waals surface area contributed by atoms with Crippen molar-refractivity contribution in [3.63, 3.8) is 0 Å². The summed E-state index contributed by atoms with van der Waals surface area (Å²) in [6, 6.07) is 10.1. The van der Waals surface area contributed by atoms with Gasteiger partial charge in [0.25, 0.3) is 5.91 Å². The van der Waals surface area contributed by atoms with Crippen molar-refractivity contribution < 1.29 is 9.53 Å². The lowest BCUT2D eigenvalue weighted by Gasteiger charge is -2.32. The van der Waals surface area contributed by atoms with Crippen molar-refractivity contribution in [1.82, 2.24) is 20.0 Å². The Morgan fingerprint density at radius 1 is 1.36 bits per heavy atom. The van der Waals surface area contributed by atoms with Crippen molar-refractivity contribution in [2.24, 2.45) is 0 Å². The average molecular weight is 342 g/mol. The number of para-hydroxylation sites is 1. The second-order valence-electron chi connectivity index (χ2n) is 6.35. The number of ether oxygens (including phenoxy) is 1. The van der Waals surface area contributed by atoms with E-state index in [0.29, 0.717) is 30.6 Å². The Bertz CT molecular complexity index is 699. The number of carbonyl (C=O) groups excluding carboxylic acids is 1. The number of amides is 1. The van der Waals surface area contributed by atoms with Gasteiger partial charge >= 0.3 is 0 Å². The van der Waals surface area contributed by atoms with Crippen LogP contribution in [-0.2, 0) is 0 Å². The van der Waals surface area contributed by atoms with Crippen molar-refractivity contribution in [1.29, 1.82) is 0 Å². The van der Waals surface area contributed by atoms with Crippen LogP contribution in [0.2, 0.25) is 0 Å². The van der Waals surface area contributed by atoms with Crippen LogP contribution in [0, 0.1) is 0 Å². The molecule has 6 nitrogen and oxygen atoms in total. The number of aromatic nitrogens is 2. The van der Waals surface area contributed by atoms with Crippen LogP contribution in [0.3, 0.4) is 0 Å². The molecule has 1 aliphatic rings. The quantitative estimate of drug-likeness (QED) is 0.876. The van der Waals surface area contributed by atoms with Gasteiger partial charge in [-0.15, -0.1) is 0 Å². The number of likely N-dealkylation sites (N-methyl/N-ethyl adjacent to an activating group) is 1. The van der Waals surface area contributed by atoms with Crippen LogP contribution in [-0.4, -0.2) is 53.4 Å². The minimum atomic E-state index is -0.0549. The Morgan fingerprint density at radius 2 is 2.16 bits per heavy atom. The molecule has 0 saturated carbocycles. The summed E-state index contributed by atoms with van der Waals surface area (Å²) in [5, 5.41) is 7.81. The van der Waals surface area contributed by atoms with Crippen molar-refractivity contribution in [3.05, 3.63) is 42.2 Å². The maximum absolute atomic E-state index is 13.0. The number of rotatable bonds is 6. The molecule has 1 unspecified atom stereocenters. The van der Waals surface area contributed by atoms with Crippen LogP contribution in [0.5, 0.6) is 5.75 Å². The first kappa shape index (κ1) is 17.5. The zero-order valence-electron chi connectivity index (χ0n) is 14.9. The number of benzene rings is 1. The fourth-order valence-electron chi connectivity index (χ4n) is 3.08. The number of hydrogen-bond donors (Lipinski definition) is 1. The molecule has 1 aromatic heterocycles. The van der Waals surface area contributed by atoms with E-state index in [1.807, 2.05) is 49.2 Å². The number of carbonyl (C=O) groups is 1. The number of hydrogen-bond acceptors (Lipinski definition) is 4. The van der Waals surface area contributed by atoms with Gasteiger partial charge in [-0.25, -0.2) is 4.68 Å². The molecule has 25 heavy (non-hydrogen) atoms. The maximum atomic E-state index is 13.0. The molecule has 0 bridgehead atoms. The standard InChI is InChI=1S/C19H26N4O2/c1-3-12-25-17-14-23(16-9-5-4-6-10-16)21-18(17)19(24)22-11-7-8-15(13-22)20-2/h4-6,9-10,14-15,20H,3,7-8,11-13H2,1-2H3. The van der Waals surface area contributed by atoms with E-state index in [9.17, 15) is 4.79 Å². The predicted octanol–water partition coefficient (Wildman–Crippen LogP) is 2.49. The molecule has 1 fully saturated rings. The van der Waals surface area contributed by atoms with Gasteiger partial charge in [0.2, 0.25) is 0 Å². The third-order valence-corrected chi connectivity index (χ3v) is 4.48. The van der Waals surface area contributed by atoms with Crippen molar-refractivity contribution in [2.75, 3.05) is 26.7 Å². The molecule has 0 aliphatic carbocycles. The Balaban J connectivity index is 1.87. The van der Waals surface area contributed by atoms with Gasteiger partial charge in [0.1, 0.15) is 0 Å². The predicted molar refractivity (Wildman–Crippen MR) is 97.3 cm³/mol. The van der Waals surface area contributed by atoms with Crippen molar-refractivity contribution in [3.8, 4) is 11.4 Å². The molecular weight excluding hydrogens is 316 g/mol. The van der Waals surface area contributed by atoms with E-state index in [1.165, 1.54) is 0 Å². The molecular formula is C19H26N4O2. The van der Waals surface area contributed by atoms with Gasteiger partial charge in [0, 0.05) is 19.1 Å². The fraction of sp³-hybridized carbons (Fsp3) is 0.474. The fourth-order valence-corrected chi connectivity index (χ4v) is 3.08. The second kappa shape index (κ2) is 8.16. The molecule has 1 N–H and O–H groups in total. The van der Waals surface area contributed by atoms with E-state index in [1.54, 1.807) is 10.9 Å². The first-order chi connectivity index (χ1) is 12.2. The third kappa shape index (κ3) is 4.02. The van der Waals surface area contributed by atoms with Gasteiger partial charge in [-0.1, -0.05) is 25.1 Å². The summed E-state index contributed by atoms with van der Waals surface area (Å²) in [6.45, 7) is 4.09. The van der Waals surface area contributed by atoms with Crippen LogP contribution in [0.15, 0.2) is 36.5 Å². The third-order valence-electron chi connectivity index (χ3n) is 4.48. The maximum Gasteiger partial charge on any atom is 0.278 e. The minimum Gasteiger partial charge on any atom is -0.489 e. The van der Waals surface area contributed by atoms with E-state index in [4.69, 9.17) is 4.74 Å². The smallest absolute Gasteiger partial charge is 0.278 e. The summed E-state index contributed by atoms with van der Waals surface area (Å²) < 4.78 is 7.53. The van der Waals surface area contributed by atoms with Gasteiger partial charge in [-0.05, 0) is 38.4 Å². The van der Waals surface area contributed by atoms with Gasteiger partial charge in [-0.2, -0.15) is 5.10 Å². The van der Waals surface area contributed by atoms with E-state index in [2.05, 4.69) is 10.4 Å². The summed E-state index contributed by atoms with van der Waals surface area (Å²) in [7, 11) is 1.94. The summed E-state index contributed by atoms with van der Waals surface area (Å²) >= 11 is 0.